The van der Waals surface area contributed by atoms with Gasteiger partial charge in [-0.05, 0) is 49.7 Å². The summed E-state index contributed by atoms with van der Waals surface area (Å²) in [6, 6.07) is 8.30. The van der Waals surface area contributed by atoms with Gasteiger partial charge in [0.25, 0.3) is 0 Å². The zero-order chi connectivity index (χ0) is 14.9. The molecule has 3 rings (SSSR count). The normalized spacial score (nSPS) is 23.2. The first-order chi connectivity index (χ1) is 10.1. The molecule has 4 heteroatoms. The number of carbonyl (C=O) groups is 1. The number of urea groups is 1. The van der Waals surface area contributed by atoms with E-state index in [2.05, 4.69) is 34.9 Å². The topological polar surface area (TPSA) is 61.4 Å². The highest BCUT2D eigenvalue weighted by atomic mass is 16.3. The lowest BCUT2D eigenvalue weighted by atomic mass is 9.97. The van der Waals surface area contributed by atoms with E-state index in [1.807, 2.05) is 6.92 Å². The highest BCUT2D eigenvalue weighted by Crippen LogP contribution is 2.39. The fourth-order valence-electron chi connectivity index (χ4n) is 3.37. The molecule has 1 fully saturated rings. The Morgan fingerprint density at radius 3 is 2.81 bits per heavy atom. The molecule has 0 aliphatic heterocycles. The first-order valence-electron chi connectivity index (χ1n) is 7.87. The first-order valence-corrected chi connectivity index (χ1v) is 7.87. The Kier molecular flexibility index (Phi) is 3.89. The lowest BCUT2D eigenvalue weighted by molar-refractivity contribution is 0.155. The van der Waals surface area contributed by atoms with Crippen LogP contribution < -0.4 is 10.6 Å². The van der Waals surface area contributed by atoms with Crippen molar-refractivity contribution in [1.82, 2.24) is 10.6 Å². The molecule has 3 N–H and O–H groups in total. The third-order valence-corrected chi connectivity index (χ3v) is 4.97. The Morgan fingerprint density at radius 1 is 1.33 bits per heavy atom. The van der Waals surface area contributed by atoms with Crippen molar-refractivity contribution in [3.63, 3.8) is 0 Å². The van der Waals surface area contributed by atoms with E-state index in [-0.39, 0.29) is 12.6 Å². The lowest BCUT2D eigenvalue weighted by Crippen LogP contribution is -2.54. The summed E-state index contributed by atoms with van der Waals surface area (Å²) in [6.07, 6.45) is 4.38. The van der Waals surface area contributed by atoms with E-state index in [4.69, 9.17) is 0 Å². The Balaban J connectivity index is 1.53. The number of aryl methyl sites for hydroxylation is 1. The number of fused-ring (bicyclic) bond motifs is 1. The highest BCUT2D eigenvalue weighted by Gasteiger charge is 2.42. The smallest absolute Gasteiger partial charge is 0.315 e. The molecule has 21 heavy (non-hydrogen) atoms. The molecule has 1 aromatic carbocycles. The number of hydrogen-bond donors (Lipinski definition) is 3. The Labute approximate surface area is 125 Å². The number of amides is 2. The van der Waals surface area contributed by atoms with Gasteiger partial charge in [0, 0.05) is 12.5 Å². The number of benzene rings is 1. The second kappa shape index (κ2) is 5.68. The van der Waals surface area contributed by atoms with Crippen molar-refractivity contribution in [3.05, 3.63) is 35.4 Å². The lowest BCUT2D eigenvalue weighted by Gasteiger charge is -2.29. The van der Waals surface area contributed by atoms with Gasteiger partial charge in [-0.2, -0.15) is 0 Å². The van der Waals surface area contributed by atoms with E-state index >= 15 is 0 Å². The van der Waals surface area contributed by atoms with Crippen molar-refractivity contribution in [2.45, 2.75) is 44.1 Å². The highest BCUT2D eigenvalue weighted by molar-refractivity contribution is 5.75. The predicted molar refractivity (Wildman–Crippen MR) is 82.3 cm³/mol. The number of rotatable bonds is 5. The van der Waals surface area contributed by atoms with Crippen LogP contribution in [0.2, 0.25) is 0 Å². The molecule has 4 nitrogen and oxygen atoms in total. The maximum absolute atomic E-state index is 12.1. The zero-order valence-electron chi connectivity index (χ0n) is 12.6. The van der Waals surface area contributed by atoms with E-state index in [1.165, 1.54) is 11.1 Å². The second-order valence-corrected chi connectivity index (χ2v) is 6.62. The summed E-state index contributed by atoms with van der Waals surface area (Å²) in [6.45, 7) is 2.58. The van der Waals surface area contributed by atoms with Crippen LogP contribution in [-0.2, 0) is 6.42 Å². The molecule has 2 aliphatic carbocycles. The Morgan fingerprint density at radius 2 is 2.10 bits per heavy atom. The van der Waals surface area contributed by atoms with Crippen LogP contribution in [0.4, 0.5) is 4.79 Å². The molecule has 2 amide bonds. The molecule has 0 radical (unpaired) electrons. The van der Waals surface area contributed by atoms with Crippen LogP contribution in [-0.4, -0.2) is 29.8 Å². The van der Waals surface area contributed by atoms with Gasteiger partial charge in [0.05, 0.1) is 12.1 Å². The molecule has 2 atom stereocenters. The molecule has 0 aromatic heterocycles. The molecule has 2 aliphatic rings. The van der Waals surface area contributed by atoms with Crippen LogP contribution in [0.15, 0.2) is 24.3 Å². The van der Waals surface area contributed by atoms with E-state index in [9.17, 15) is 9.90 Å². The molecule has 0 spiro atoms. The zero-order valence-corrected chi connectivity index (χ0v) is 12.6. The van der Waals surface area contributed by atoms with E-state index in [0.29, 0.717) is 18.4 Å². The standard InChI is InChI=1S/C17H24N2O2/c1-17(11-20,14-8-9-14)19-16(21)18-10-13-7-6-12-4-2-3-5-15(12)13/h2-5,13-14,20H,6-11H2,1H3,(H2,18,19,21)/t13-,17+/m0/s1. The fraction of sp³-hybridized carbons (Fsp3) is 0.588. The molecule has 0 heterocycles. The molecular weight excluding hydrogens is 264 g/mol. The average molecular weight is 288 g/mol. The number of carbonyl (C=O) groups excluding carboxylic acids is 1. The van der Waals surface area contributed by atoms with Gasteiger partial charge in [0.2, 0.25) is 0 Å². The summed E-state index contributed by atoms with van der Waals surface area (Å²) in [7, 11) is 0. The summed E-state index contributed by atoms with van der Waals surface area (Å²) in [5, 5.41) is 15.4. The van der Waals surface area contributed by atoms with Gasteiger partial charge in [-0.25, -0.2) is 4.79 Å². The second-order valence-electron chi connectivity index (χ2n) is 6.62. The quantitative estimate of drug-likeness (QED) is 0.777. The van der Waals surface area contributed by atoms with Crippen molar-refractivity contribution < 1.29 is 9.90 Å². The summed E-state index contributed by atoms with van der Waals surface area (Å²) < 4.78 is 0. The number of hydrogen-bond acceptors (Lipinski definition) is 2. The van der Waals surface area contributed by atoms with Gasteiger partial charge in [-0.1, -0.05) is 24.3 Å². The van der Waals surface area contributed by atoms with Crippen LogP contribution in [0.1, 0.15) is 43.2 Å². The van der Waals surface area contributed by atoms with Crippen LogP contribution in [0, 0.1) is 5.92 Å². The Bertz CT molecular complexity index is 527. The number of nitrogens with one attached hydrogen (secondary N) is 2. The molecule has 1 saturated carbocycles. The molecule has 0 bridgehead atoms. The van der Waals surface area contributed by atoms with Gasteiger partial charge in [-0.15, -0.1) is 0 Å². The summed E-state index contributed by atoms with van der Waals surface area (Å²) in [5.74, 6) is 0.828. The minimum atomic E-state index is -0.475. The molecule has 0 unspecified atom stereocenters. The van der Waals surface area contributed by atoms with Gasteiger partial charge >= 0.3 is 6.03 Å². The average Bonchev–Trinajstić information content (AvgIpc) is 3.27. The molecule has 0 saturated heterocycles. The van der Waals surface area contributed by atoms with E-state index in [1.54, 1.807) is 0 Å². The largest absolute Gasteiger partial charge is 0.394 e. The first kappa shape index (κ1) is 14.4. The minimum Gasteiger partial charge on any atom is -0.394 e. The van der Waals surface area contributed by atoms with Crippen LogP contribution in [0.3, 0.4) is 0 Å². The minimum absolute atomic E-state index is 0.00263. The SMILES string of the molecule is C[C@](CO)(NC(=O)NC[C@@H]1CCc2ccccc21)C1CC1. The van der Waals surface area contributed by atoms with E-state index < -0.39 is 5.54 Å². The van der Waals surface area contributed by atoms with Gasteiger partial charge in [-0.3, -0.25) is 0 Å². The van der Waals surface area contributed by atoms with Gasteiger partial charge < -0.3 is 15.7 Å². The molecule has 114 valence electrons. The summed E-state index contributed by atoms with van der Waals surface area (Å²) >= 11 is 0. The maximum Gasteiger partial charge on any atom is 0.315 e. The molecule has 1 aromatic rings. The Hall–Kier alpha value is -1.55. The van der Waals surface area contributed by atoms with Crippen molar-refractivity contribution in [1.29, 1.82) is 0 Å². The molecular formula is C17H24N2O2. The van der Waals surface area contributed by atoms with E-state index in [0.717, 1.165) is 25.7 Å². The summed E-state index contributed by atoms with van der Waals surface area (Å²) in [5.41, 5.74) is 2.30. The number of aliphatic hydroxyl groups excluding tert-OH is 1. The third-order valence-electron chi connectivity index (χ3n) is 4.97. The van der Waals surface area contributed by atoms with Gasteiger partial charge in [0.15, 0.2) is 0 Å². The van der Waals surface area contributed by atoms with Gasteiger partial charge in [0.1, 0.15) is 0 Å². The van der Waals surface area contributed by atoms with Crippen LogP contribution in [0.5, 0.6) is 0 Å². The van der Waals surface area contributed by atoms with Crippen molar-refractivity contribution in [2.75, 3.05) is 13.2 Å². The third kappa shape index (κ3) is 3.05. The van der Waals surface area contributed by atoms with Crippen molar-refractivity contribution in [3.8, 4) is 0 Å². The van der Waals surface area contributed by atoms with Crippen LogP contribution >= 0.6 is 0 Å². The number of aliphatic hydroxyl groups is 1. The monoisotopic (exact) mass is 288 g/mol. The van der Waals surface area contributed by atoms with Crippen molar-refractivity contribution >= 4 is 6.03 Å². The fourth-order valence-corrected chi connectivity index (χ4v) is 3.37. The summed E-state index contributed by atoms with van der Waals surface area (Å²) in [4.78, 5) is 12.1. The van der Waals surface area contributed by atoms with Crippen molar-refractivity contribution in [2.24, 2.45) is 5.92 Å². The van der Waals surface area contributed by atoms with Crippen LogP contribution in [0.25, 0.3) is 0 Å². The predicted octanol–water partition coefficient (Wildman–Crippen LogP) is 2.18. The maximum atomic E-state index is 12.1.